The molecule has 102 valence electrons. The summed E-state index contributed by atoms with van der Waals surface area (Å²) >= 11 is 0. The van der Waals surface area contributed by atoms with Crippen LogP contribution < -0.4 is 10.2 Å². The van der Waals surface area contributed by atoms with Gasteiger partial charge in [-0.25, -0.2) is 4.98 Å². The van der Waals surface area contributed by atoms with Gasteiger partial charge >= 0.3 is 0 Å². The Balaban J connectivity index is 1.82. The van der Waals surface area contributed by atoms with Crippen molar-refractivity contribution in [3.8, 4) is 0 Å². The lowest BCUT2D eigenvalue weighted by atomic mass is 9.99. The maximum Gasteiger partial charge on any atom is 0.203 e. The molecule has 3 rings (SSSR count). The molecule has 19 heavy (non-hydrogen) atoms. The number of anilines is 1. The molecule has 0 spiro atoms. The highest BCUT2D eigenvalue weighted by Crippen LogP contribution is 2.19. The summed E-state index contributed by atoms with van der Waals surface area (Å²) in [6.45, 7) is 6.39. The fraction of sp³-hybridized carbons (Fsp3) is 0.615. The van der Waals surface area contributed by atoms with Gasteiger partial charge in [0.15, 0.2) is 5.82 Å². The van der Waals surface area contributed by atoms with Crippen LogP contribution in [0.3, 0.4) is 0 Å². The Kier molecular flexibility index (Phi) is 3.59. The summed E-state index contributed by atoms with van der Waals surface area (Å²) in [5, 5.41) is 11.6. The van der Waals surface area contributed by atoms with Gasteiger partial charge in [-0.3, -0.25) is 4.40 Å². The van der Waals surface area contributed by atoms with Crippen molar-refractivity contribution in [1.29, 1.82) is 0 Å². The zero-order chi connectivity index (χ0) is 13.1. The molecule has 0 amide bonds. The largest absolute Gasteiger partial charge is 0.353 e. The minimum atomic E-state index is 0.693. The van der Waals surface area contributed by atoms with E-state index >= 15 is 0 Å². The van der Waals surface area contributed by atoms with Crippen LogP contribution in [-0.2, 0) is 0 Å². The molecular weight excluding hydrogens is 240 g/mol. The van der Waals surface area contributed by atoms with Gasteiger partial charge in [-0.15, -0.1) is 10.2 Å². The van der Waals surface area contributed by atoms with Crippen LogP contribution in [-0.4, -0.2) is 45.8 Å². The van der Waals surface area contributed by atoms with Gasteiger partial charge in [0.2, 0.25) is 5.65 Å². The van der Waals surface area contributed by atoms with Crippen LogP contribution in [0.15, 0.2) is 18.7 Å². The first-order chi connectivity index (χ1) is 9.38. The molecule has 2 aromatic rings. The van der Waals surface area contributed by atoms with Gasteiger partial charge in [0.05, 0.1) is 0 Å². The molecule has 1 aliphatic heterocycles. The second-order valence-corrected chi connectivity index (χ2v) is 5.06. The minimum absolute atomic E-state index is 0.693. The average molecular weight is 260 g/mol. The van der Waals surface area contributed by atoms with E-state index in [4.69, 9.17) is 0 Å². The van der Waals surface area contributed by atoms with E-state index in [1.165, 1.54) is 12.8 Å². The average Bonchev–Trinajstić information content (AvgIpc) is 2.94. The third-order valence-corrected chi connectivity index (χ3v) is 3.76. The fourth-order valence-corrected chi connectivity index (χ4v) is 2.73. The Morgan fingerprint density at radius 3 is 3.26 bits per heavy atom. The monoisotopic (exact) mass is 260 g/mol. The van der Waals surface area contributed by atoms with Crippen molar-refractivity contribution in [2.24, 2.45) is 5.92 Å². The molecule has 1 N–H and O–H groups in total. The van der Waals surface area contributed by atoms with Gasteiger partial charge in [0, 0.05) is 25.5 Å². The molecule has 0 aromatic carbocycles. The molecule has 1 fully saturated rings. The number of fused-ring (bicyclic) bond motifs is 1. The summed E-state index contributed by atoms with van der Waals surface area (Å²) in [7, 11) is 0. The van der Waals surface area contributed by atoms with E-state index in [9.17, 15) is 0 Å². The molecule has 1 aliphatic rings. The Morgan fingerprint density at radius 1 is 1.53 bits per heavy atom. The number of nitrogens with zero attached hydrogens (tertiary/aromatic N) is 5. The zero-order valence-corrected chi connectivity index (χ0v) is 11.3. The highest BCUT2D eigenvalue weighted by molar-refractivity contribution is 5.63. The van der Waals surface area contributed by atoms with E-state index < -0.39 is 0 Å². The van der Waals surface area contributed by atoms with Crippen LogP contribution in [0.4, 0.5) is 5.82 Å². The van der Waals surface area contributed by atoms with Gasteiger partial charge in [0.25, 0.3) is 0 Å². The molecule has 1 unspecified atom stereocenters. The summed E-state index contributed by atoms with van der Waals surface area (Å²) in [6.07, 6.45) is 7.98. The molecular formula is C13H20N6. The lowest BCUT2D eigenvalue weighted by Crippen LogP contribution is -2.38. The molecule has 1 saturated heterocycles. The Labute approximate surface area is 112 Å². The molecule has 0 bridgehead atoms. The number of nitrogens with one attached hydrogen (secondary N) is 1. The first kappa shape index (κ1) is 12.3. The topological polar surface area (TPSA) is 58.4 Å². The van der Waals surface area contributed by atoms with Crippen molar-refractivity contribution in [2.75, 3.05) is 31.1 Å². The van der Waals surface area contributed by atoms with Crippen LogP contribution in [0.25, 0.3) is 5.65 Å². The van der Waals surface area contributed by atoms with E-state index in [0.29, 0.717) is 5.92 Å². The summed E-state index contributed by atoms with van der Waals surface area (Å²) in [5.74, 6) is 1.63. The van der Waals surface area contributed by atoms with Crippen LogP contribution in [0, 0.1) is 5.92 Å². The number of rotatable bonds is 4. The van der Waals surface area contributed by atoms with E-state index in [0.717, 1.165) is 37.6 Å². The first-order valence-corrected chi connectivity index (χ1v) is 6.98. The van der Waals surface area contributed by atoms with Gasteiger partial charge in [-0.1, -0.05) is 0 Å². The minimum Gasteiger partial charge on any atom is -0.353 e. The lowest BCUT2D eigenvalue weighted by molar-refractivity contribution is 0.377. The van der Waals surface area contributed by atoms with Crippen LogP contribution in [0.5, 0.6) is 0 Å². The van der Waals surface area contributed by atoms with E-state index in [1.807, 2.05) is 16.8 Å². The third-order valence-electron chi connectivity index (χ3n) is 3.76. The number of piperidine rings is 1. The maximum absolute atomic E-state index is 4.50. The Hall–Kier alpha value is -1.69. The number of hydrogen-bond acceptors (Lipinski definition) is 5. The number of hydrogen-bond donors (Lipinski definition) is 1. The molecule has 6 heteroatoms. The maximum atomic E-state index is 4.50. The van der Waals surface area contributed by atoms with Gasteiger partial charge in [-0.2, -0.15) is 0 Å². The predicted octanol–water partition coefficient (Wildman–Crippen LogP) is 0.950. The van der Waals surface area contributed by atoms with Crippen LogP contribution in [0.1, 0.15) is 19.8 Å². The van der Waals surface area contributed by atoms with E-state index in [-0.39, 0.29) is 0 Å². The van der Waals surface area contributed by atoms with Gasteiger partial charge in [-0.05, 0) is 38.8 Å². The highest BCUT2D eigenvalue weighted by Gasteiger charge is 2.19. The SMILES string of the molecule is CCN(CC1CCCNC1)c1nccn2cnnc12. The number of aromatic nitrogens is 4. The molecule has 0 saturated carbocycles. The second-order valence-electron chi connectivity index (χ2n) is 5.06. The van der Waals surface area contributed by atoms with E-state index in [2.05, 4.69) is 32.3 Å². The standard InChI is InChI=1S/C13H20N6/c1-2-18(9-11-4-3-5-14-8-11)12-13-17-16-10-19(13)7-6-15-12/h6-7,10-11,14H,2-5,8-9H2,1H3. The normalized spacial score (nSPS) is 19.7. The van der Waals surface area contributed by atoms with Crippen LogP contribution in [0.2, 0.25) is 0 Å². The molecule has 6 nitrogen and oxygen atoms in total. The van der Waals surface area contributed by atoms with Crippen molar-refractivity contribution in [2.45, 2.75) is 19.8 Å². The molecule has 1 atom stereocenters. The van der Waals surface area contributed by atoms with Gasteiger partial charge < -0.3 is 10.2 Å². The summed E-state index contributed by atoms with van der Waals surface area (Å²) < 4.78 is 1.92. The van der Waals surface area contributed by atoms with Crippen molar-refractivity contribution in [3.63, 3.8) is 0 Å². The molecule has 0 radical (unpaired) electrons. The Morgan fingerprint density at radius 2 is 2.47 bits per heavy atom. The fourth-order valence-electron chi connectivity index (χ4n) is 2.73. The molecule has 0 aliphatic carbocycles. The predicted molar refractivity (Wildman–Crippen MR) is 74.3 cm³/mol. The summed E-state index contributed by atoms with van der Waals surface area (Å²) in [6, 6.07) is 0. The van der Waals surface area contributed by atoms with Crippen molar-refractivity contribution in [1.82, 2.24) is 24.9 Å². The second kappa shape index (κ2) is 5.52. The third kappa shape index (κ3) is 2.53. The summed E-state index contributed by atoms with van der Waals surface area (Å²) in [5.41, 5.74) is 0.841. The van der Waals surface area contributed by atoms with E-state index in [1.54, 1.807) is 6.33 Å². The lowest BCUT2D eigenvalue weighted by Gasteiger charge is -2.30. The quantitative estimate of drug-likeness (QED) is 0.887. The van der Waals surface area contributed by atoms with Gasteiger partial charge in [0.1, 0.15) is 6.33 Å². The molecule has 3 heterocycles. The Bertz CT molecular complexity index is 531. The van der Waals surface area contributed by atoms with Crippen molar-refractivity contribution in [3.05, 3.63) is 18.7 Å². The smallest absolute Gasteiger partial charge is 0.203 e. The first-order valence-electron chi connectivity index (χ1n) is 6.98. The zero-order valence-electron chi connectivity index (χ0n) is 11.3. The highest BCUT2D eigenvalue weighted by atomic mass is 15.3. The van der Waals surface area contributed by atoms with Crippen LogP contribution >= 0.6 is 0 Å². The summed E-state index contributed by atoms with van der Waals surface area (Å²) in [4.78, 5) is 6.81. The van der Waals surface area contributed by atoms with Crippen molar-refractivity contribution >= 4 is 11.5 Å². The molecule has 2 aromatic heterocycles. The van der Waals surface area contributed by atoms with Crippen molar-refractivity contribution < 1.29 is 0 Å².